The second-order valence-electron chi connectivity index (χ2n) is 6.69. The van der Waals surface area contributed by atoms with Crippen LogP contribution >= 0.6 is 23.1 Å². The molecule has 0 unspecified atom stereocenters. The number of unbranched alkanes of at least 4 members (excludes halogenated alkanes) is 1. The summed E-state index contributed by atoms with van der Waals surface area (Å²) in [4.78, 5) is 52.4. The van der Waals surface area contributed by atoms with Crippen LogP contribution in [0.25, 0.3) is 10.2 Å². The number of nitrogens with zero attached hydrogens (tertiary/aromatic N) is 2. The third-order valence-corrected chi connectivity index (χ3v) is 6.35. The zero-order valence-corrected chi connectivity index (χ0v) is 18.8. The standard InChI is InChI=1S/C21H21N3O6S2/c1-30-20(29)13-6-2-3-7-14(13)22-16(25)12-32-21-23-15-9-11-31-18(15)19(28)24(21)10-5-4-8-17(26)27/h2-3,6-7,9,11H,4-5,8,10,12H2,1H3,(H,22,25)(H,26,27)/p-1. The Hall–Kier alpha value is -3.18. The quantitative estimate of drug-likeness (QED) is 0.204. The molecule has 1 amide bonds. The number of carboxylic acids is 1. The number of rotatable bonds is 10. The second-order valence-corrected chi connectivity index (χ2v) is 8.55. The normalized spacial score (nSPS) is 10.8. The summed E-state index contributed by atoms with van der Waals surface area (Å²) in [7, 11) is 1.26. The van der Waals surface area contributed by atoms with Crippen LogP contribution in [0.15, 0.2) is 45.7 Å². The molecule has 2 heterocycles. The predicted octanol–water partition coefficient (Wildman–Crippen LogP) is 1.90. The number of methoxy groups -OCH3 is 1. The van der Waals surface area contributed by atoms with Crippen LogP contribution in [0.5, 0.6) is 0 Å². The SMILES string of the molecule is COC(=O)c1ccccc1NC(=O)CSc1nc2ccsc2c(=O)n1CCCCC(=O)[O-]. The van der Waals surface area contributed by atoms with E-state index in [1.165, 1.54) is 23.0 Å². The van der Waals surface area contributed by atoms with E-state index in [0.29, 0.717) is 33.9 Å². The first-order valence-corrected chi connectivity index (χ1v) is 11.5. The molecule has 0 spiro atoms. The Morgan fingerprint density at radius 3 is 2.75 bits per heavy atom. The van der Waals surface area contributed by atoms with Crippen molar-refractivity contribution in [2.24, 2.45) is 0 Å². The minimum atomic E-state index is -1.14. The number of amides is 1. The fourth-order valence-electron chi connectivity index (χ4n) is 2.97. The maximum absolute atomic E-state index is 12.9. The van der Waals surface area contributed by atoms with E-state index >= 15 is 0 Å². The van der Waals surface area contributed by atoms with Crippen molar-refractivity contribution in [1.29, 1.82) is 0 Å². The maximum Gasteiger partial charge on any atom is 0.339 e. The van der Waals surface area contributed by atoms with Crippen molar-refractivity contribution in [3.8, 4) is 0 Å². The minimum absolute atomic E-state index is 0.0450. The zero-order valence-electron chi connectivity index (χ0n) is 17.2. The molecule has 3 aromatic rings. The highest BCUT2D eigenvalue weighted by Gasteiger charge is 2.16. The fourth-order valence-corrected chi connectivity index (χ4v) is 4.57. The molecular formula is C21H20N3O6S2-. The van der Waals surface area contributed by atoms with E-state index in [4.69, 9.17) is 4.74 Å². The highest BCUT2D eigenvalue weighted by molar-refractivity contribution is 7.99. The van der Waals surface area contributed by atoms with Gasteiger partial charge in [0.25, 0.3) is 5.56 Å². The molecule has 3 rings (SSSR count). The third-order valence-electron chi connectivity index (χ3n) is 4.48. The highest BCUT2D eigenvalue weighted by Crippen LogP contribution is 2.22. The minimum Gasteiger partial charge on any atom is -0.550 e. The highest BCUT2D eigenvalue weighted by atomic mass is 32.2. The van der Waals surface area contributed by atoms with Crippen molar-refractivity contribution >= 4 is 56.8 Å². The number of carbonyl (C=O) groups is 3. The molecule has 0 radical (unpaired) electrons. The van der Waals surface area contributed by atoms with Gasteiger partial charge < -0.3 is 20.0 Å². The Balaban J connectivity index is 1.74. The van der Waals surface area contributed by atoms with Gasteiger partial charge in [-0.05, 0) is 42.8 Å². The number of carboxylic acid groups (broad SMARTS) is 1. The molecule has 0 saturated heterocycles. The largest absolute Gasteiger partial charge is 0.550 e. The van der Waals surface area contributed by atoms with Crippen molar-refractivity contribution < 1.29 is 24.2 Å². The molecule has 1 aromatic carbocycles. The van der Waals surface area contributed by atoms with Gasteiger partial charge >= 0.3 is 5.97 Å². The van der Waals surface area contributed by atoms with Crippen LogP contribution in [0, 0.1) is 0 Å². The van der Waals surface area contributed by atoms with Gasteiger partial charge in [0.05, 0.1) is 29.6 Å². The molecule has 0 atom stereocenters. The summed E-state index contributed by atoms with van der Waals surface area (Å²) in [5.74, 6) is -2.13. The molecule has 2 aromatic heterocycles. The number of thioether (sulfide) groups is 1. The molecule has 32 heavy (non-hydrogen) atoms. The van der Waals surface area contributed by atoms with Crippen LogP contribution in [0.3, 0.4) is 0 Å². The molecule has 9 nitrogen and oxygen atoms in total. The van der Waals surface area contributed by atoms with Crippen LogP contribution in [-0.4, -0.2) is 40.3 Å². The number of thiophene rings is 1. The first kappa shape index (κ1) is 23.5. The molecule has 0 aliphatic rings. The van der Waals surface area contributed by atoms with Gasteiger partial charge in [-0.15, -0.1) is 11.3 Å². The number of hydrogen-bond acceptors (Lipinski definition) is 9. The van der Waals surface area contributed by atoms with E-state index in [2.05, 4.69) is 10.3 Å². The summed E-state index contributed by atoms with van der Waals surface area (Å²) in [6, 6.07) is 8.22. The number of para-hydroxylation sites is 1. The van der Waals surface area contributed by atoms with E-state index in [1.54, 1.807) is 35.7 Å². The number of ether oxygens (including phenoxy) is 1. The van der Waals surface area contributed by atoms with Gasteiger partial charge in [-0.3, -0.25) is 14.2 Å². The van der Waals surface area contributed by atoms with Crippen molar-refractivity contribution in [2.75, 3.05) is 18.2 Å². The van der Waals surface area contributed by atoms with E-state index in [9.17, 15) is 24.3 Å². The Kier molecular flexibility index (Phi) is 8.01. The van der Waals surface area contributed by atoms with Gasteiger partial charge in [0, 0.05) is 12.5 Å². The fraction of sp³-hybridized carbons (Fsp3) is 0.286. The molecule has 11 heteroatoms. The molecule has 0 fully saturated rings. The number of benzene rings is 1. The average molecular weight is 475 g/mol. The summed E-state index contributed by atoms with van der Waals surface area (Å²) >= 11 is 2.37. The smallest absolute Gasteiger partial charge is 0.339 e. The maximum atomic E-state index is 12.9. The summed E-state index contributed by atoms with van der Waals surface area (Å²) in [5.41, 5.74) is 0.879. The number of aromatic nitrogens is 2. The van der Waals surface area contributed by atoms with Gasteiger partial charge in [0.1, 0.15) is 4.70 Å². The molecule has 0 aliphatic carbocycles. The molecular weight excluding hydrogens is 454 g/mol. The van der Waals surface area contributed by atoms with Crippen molar-refractivity contribution in [1.82, 2.24) is 9.55 Å². The first-order valence-electron chi connectivity index (χ1n) is 9.68. The molecule has 1 N–H and O–H groups in total. The number of fused-ring (bicyclic) bond motifs is 1. The van der Waals surface area contributed by atoms with Crippen LogP contribution < -0.4 is 16.0 Å². The number of hydrogen-bond donors (Lipinski definition) is 1. The summed E-state index contributed by atoms with van der Waals surface area (Å²) in [5, 5.41) is 15.4. The van der Waals surface area contributed by atoms with E-state index in [-0.39, 0.29) is 35.7 Å². The second kappa shape index (κ2) is 10.9. The third kappa shape index (κ3) is 5.74. The van der Waals surface area contributed by atoms with Crippen LogP contribution in [0.1, 0.15) is 29.6 Å². The number of anilines is 1. The van der Waals surface area contributed by atoms with Gasteiger partial charge in [0.2, 0.25) is 5.91 Å². The summed E-state index contributed by atoms with van der Waals surface area (Å²) in [6.07, 6.45) is 0.735. The van der Waals surface area contributed by atoms with E-state index in [1.807, 2.05) is 0 Å². The average Bonchev–Trinajstić information content (AvgIpc) is 3.25. The van der Waals surface area contributed by atoms with Crippen LogP contribution in [-0.2, 0) is 20.9 Å². The zero-order chi connectivity index (χ0) is 23.1. The number of nitrogens with one attached hydrogen (secondary N) is 1. The van der Waals surface area contributed by atoms with Crippen molar-refractivity contribution in [2.45, 2.75) is 31.0 Å². The number of aliphatic carboxylic acids is 1. The van der Waals surface area contributed by atoms with E-state index < -0.39 is 11.9 Å². The summed E-state index contributed by atoms with van der Waals surface area (Å²) in [6.45, 7) is 0.280. The predicted molar refractivity (Wildman–Crippen MR) is 120 cm³/mol. The monoisotopic (exact) mass is 474 g/mol. The number of carbonyl (C=O) groups excluding carboxylic acids is 3. The number of esters is 1. The molecule has 168 valence electrons. The van der Waals surface area contributed by atoms with Crippen LogP contribution in [0.2, 0.25) is 0 Å². The lowest BCUT2D eigenvalue weighted by Crippen LogP contribution is -2.25. The lowest BCUT2D eigenvalue weighted by molar-refractivity contribution is -0.305. The topological polar surface area (TPSA) is 130 Å². The lowest BCUT2D eigenvalue weighted by Gasteiger charge is -2.13. The van der Waals surface area contributed by atoms with Crippen LogP contribution in [0.4, 0.5) is 5.69 Å². The summed E-state index contributed by atoms with van der Waals surface area (Å²) < 4.78 is 6.70. The Morgan fingerprint density at radius 2 is 2.00 bits per heavy atom. The van der Waals surface area contributed by atoms with Gasteiger partial charge in [-0.1, -0.05) is 23.9 Å². The lowest BCUT2D eigenvalue weighted by atomic mass is 10.2. The van der Waals surface area contributed by atoms with Gasteiger partial charge in [-0.2, -0.15) is 0 Å². The Bertz CT molecular complexity index is 1200. The Morgan fingerprint density at radius 1 is 1.22 bits per heavy atom. The molecule has 0 saturated carbocycles. The first-order chi connectivity index (χ1) is 15.4. The molecule has 0 bridgehead atoms. The Labute approximate surface area is 191 Å². The van der Waals surface area contributed by atoms with Crippen molar-refractivity contribution in [3.63, 3.8) is 0 Å². The van der Waals surface area contributed by atoms with Crippen molar-refractivity contribution in [3.05, 3.63) is 51.6 Å². The molecule has 0 aliphatic heterocycles. The van der Waals surface area contributed by atoms with E-state index in [0.717, 1.165) is 11.8 Å². The van der Waals surface area contributed by atoms with Gasteiger partial charge in [-0.25, -0.2) is 9.78 Å². The van der Waals surface area contributed by atoms with Gasteiger partial charge in [0.15, 0.2) is 5.16 Å².